The second kappa shape index (κ2) is 16.6. The van der Waals surface area contributed by atoms with E-state index < -0.39 is 8.07 Å². The smallest absolute Gasteiger partial charge is 0.180 e. The van der Waals surface area contributed by atoms with Gasteiger partial charge in [0.25, 0.3) is 0 Å². The second-order valence-electron chi connectivity index (χ2n) is 18.7. The molecule has 71 heavy (non-hydrogen) atoms. The van der Waals surface area contributed by atoms with E-state index in [-0.39, 0.29) is 0 Å². The van der Waals surface area contributed by atoms with Crippen LogP contribution in [0.15, 0.2) is 277 Å². The Morgan fingerprint density at radius 1 is 0.296 bits per heavy atom. The van der Waals surface area contributed by atoms with Crippen molar-refractivity contribution in [2.45, 2.75) is 0 Å². The molecule has 0 radical (unpaired) electrons. The van der Waals surface area contributed by atoms with E-state index in [4.69, 9.17) is 4.42 Å². The Balaban J connectivity index is 0.977. The Morgan fingerprint density at radius 2 is 0.789 bits per heavy atom. The van der Waals surface area contributed by atoms with Crippen molar-refractivity contribution in [3.05, 3.63) is 273 Å². The fourth-order valence-corrected chi connectivity index (χ4v) is 17.1. The molecule has 2 nitrogen and oxygen atoms in total. The van der Waals surface area contributed by atoms with Crippen LogP contribution in [0.3, 0.4) is 0 Å². The van der Waals surface area contributed by atoms with Gasteiger partial charge in [-0.1, -0.05) is 224 Å². The molecule has 2 heterocycles. The molecule has 0 saturated carbocycles. The van der Waals surface area contributed by atoms with E-state index in [1.165, 1.54) is 86.6 Å². The maximum Gasteiger partial charge on any atom is 0.180 e. The van der Waals surface area contributed by atoms with Gasteiger partial charge in [0.2, 0.25) is 0 Å². The third kappa shape index (κ3) is 6.48. The van der Waals surface area contributed by atoms with Crippen LogP contribution < -0.4 is 25.6 Å². The number of nitrogens with zero attached hydrogens (tertiary/aromatic N) is 1. The van der Waals surface area contributed by atoms with Crippen molar-refractivity contribution in [1.82, 2.24) is 0 Å². The van der Waals surface area contributed by atoms with Crippen LogP contribution in [-0.4, -0.2) is 8.07 Å². The Morgan fingerprint density at radius 3 is 1.41 bits per heavy atom. The summed E-state index contributed by atoms with van der Waals surface area (Å²) in [6.45, 7) is 0. The minimum atomic E-state index is -2.86. The van der Waals surface area contributed by atoms with Crippen LogP contribution in [0.5, 0.6) is 0 Å². The van der Waals surface area contributed by atoms with Crippen molar-refractivity contribution in [2.24, 2.45) is 0 Å². The van der Waals surface area contributed by atoms with Gasteiger partial charge in [-0.25, -0.2) is 0 Å². The van der Waals surface area contributed by atoms with Gasteiger partial charge >= 0.3 is 0 Å². The summed E-state index contributed by atoms with van der Waals surface area (Å²) < 4.78 is 6.69. The highest BCUT2D eigenvalue weighted by Gasteiger charge is 2.50. The molecule has 3 heteroatoms. The Bertz CT molecular complexity index is 3990. The lowest BCUT2D eigenvalue weighted by Crippen LogP contribution is -2.72. The van der Waals surface area contributed by atoms with Gasteiger partial charge in [0.05, 0.1) is 0 Å². The number of hydrogen-bond donors (Lipinski definition) is 0. The summed E-state index contributed by atoms with van der Waals surface area (Å²) in [4.78, 5) is 2.41. The van der Waals surface area contributed by atoms with Crippen molar-refractivity contribution in [2.75, 3.05) is 4.90 Å². The highest BCUT2D eigenvalue weighted by Crippen LogP contribution is 2.46. The molecule has 0 bridgehead atoms. The van der Waals surface area contributed by atoms with Gasteiger partial charge in [-0.15, -0.1) is 0 Å². The average molecular weight is 920 g/mol. The first kappa shape index (κ1) is 41.0. The molecule has 0 unspecified atom stereocenters. The van der Waals surface area contributed by atoms with Crippen LogP contribution in [0.1, 0.15) is 0 Å². The number of anilines is 3. The molecule has 0 saturated heterocycles. The van der Waals surface area contributed by atoms with Crippen LogP contribution in [-0.2, 0) is 0 Å². The van der Waals surface area contributed by atoms with Crippen LogP contribution in [0.2, 0.25) is 0 Å². The maximum absolute atomic E-state index is 6.69. The number of benzene rings is 12. The summed E-state index contributed by atoms with van der Waals surface area (Å²) in [5, 5.41) is 12.8. The van der Waals surface area contributed by atoms with E-state index in [2.05, 4.69) is 278 Å². The van der Waals surface area contributed by atoms with Gasteiger partial charge in [-0.2, -0.15) is 0 Å². The molecular formula is C68H45NOSi. The second-order valence-corrected chi connectivity index (χ2v) is 22.4. The maximum atomic E-state index is 6.69. The van der Waals surface area contributed by atoms with Crippen LogP contribution in [0.4, 0.5) is 17.1 Å². The summed E-state index contributed by atoms with van der Waals surface area (Å²) in [5.74, 6) is 0. The molecule has 14 rings (SSSR count). The van der Waals surface area contributed by atoms with E-state index in [1.54, 1.807) is 0 Å². The van der Waals surface area contributed by atoms with Crippen LogP contribution in [0, 0.1) is 0 Å². The van der Waals surface area contributed by atoms with Gasteiger partial charge in [0, 0.05) is 27.8 Å². The Kier molecular flexibility index (Phi) is 9.58. The normalized spacial score (nSPS) is 12.6. The van der Waals surface area contributed by atoms with E-state index in [1.807, 2.05) is 0 Å². The lowest BCUT2D eigenvalue weighted by molar-refractivity contribution is 0.669. The highest BCUT2D eigenvalue weighted by atomic mass is 28.3. The van der Waals surface area contributed by atoms with Crippen LogP contribution in [0.25, 0.3) is 88.0 Å². The third-order valence-electron chi connectivity index (χ3n) is 14.9. The van der Waals surface area contributed by atoms with Crippen LogP contribution >= 0.6 is 0 Å². The van der Waals surface area contributed by atoms with Crippen molar-refractivity contribution < 1.29 is 4.42 Å². The van der Waals surface area contributed by atoms with Gasteiger partial charge in [-0.05, 0) is 135 Å². The number of furan rings is 1. The summed E-state index contributed by atoms with van der Waals surface area (Å²) in [5.41, 5.74) is 14.8. The molecule has 13 aromatic rings. The van der Waals surface area contributed by atoms with E-state index in [0.717, 1.165) is 39.2 Å². The number of rotatable bonds is 8. The number of hydrogen-bond acceptors (Lipinski definition) is 2. The zero-order valence-electron chi connectivity index (χ0n) is 38.8. The fraction of sp³-hybridized carbons (Fsp3) is 0. The topological polar surface area (TPSA) is 16.4 Å². The van der Waals surface area contributed by atoms with Crippen molar-refractivity contribution in [3.8, 4) is 44.5 Å². The number of fused-ring (bicyclic) bond motifs is 9. The lowest BCUT2D eigenvalue weighted by Gasteiger charge is -2.31. The summed E-state index contributed by atoms with van der Waals surface area (Å²) >= 11 is 0. The zero-order valence-corrected chi connectivity index (χ0v) is 39.8. The molecule has 0 N–H and O–H groups in total. The van der Waals surface area contributed by atoms with Gasteiger partial charge in [0.15, 0.2) is 8.07 Å². The molecule has 0 amide bonds. The molecule has 1 aliphatic heterocycles. The predicted molar refractivity (Wildman–Crippen MR) is 302 cm³/mol. The molecule has 1 aliphatic rings. The van der Waals surface area contributed by atoms with E-state index in [0.29, 0.717) is 0 Å². The molecule has 0 aliphatic carbocycles. The minimum absolute atomic E-state index is 0.907. The number of para-hydroxylation sites is 1. The summed E-state index contributed by atoms with van der Waals surface area (Å²) in [7, 11) is -2.86. The third-order valence-corrected chi connectivity index (χ3v) is 19.8. The lowest BCUT2D eigenvalue weighted by atomic mass is 9.91. The average Bonchev–Trinajstić information content (AvgIpc) is 3.98. The largest absolute Gasteiger partial charge is 0.456 e. The summed E-state index contributed by atoms with van der Waals surface area (Å²) in [6.07, 6.45) is 0. The quantitative estimate of drug-likeness (QED) is 0.141. The van der Waals surface area contributed by atoms with Crippen molar-refractivity contribution >= 4 is 89.4 Å². The molecular weight excluding hydrogens is 875 g/mol. The van der Waals surface area contributed by atoms with Gasteiger partial charge in [0.1, 0.15) is 11.2 Å². The SMILES string of the molecule is c1ccc([Si]2(c3ccccc3)c3cccc(-c4cccc(N(c5ccc(-c6cccc7ccccc67)cc5)c5ccc(-c6cccc7ccccc67)cc5)c4)c3-c3c2ccc2oc4ccccc4c32)cc1. The molecule has 332 valence electrons. The standard InChI is InChI=1S/C68H45NOSi/c1-3-23-54(24-4-1)71(55-25-5-2-6-26-55)64-34-16-32-60(67(64)68-65(71)44-43-63-66(68)61-29-11-12-33-62(61)70-63)50-21-13-22-53(45-50)69(51-39-35-48(36-40-51)58-30-14-19-46-17-7-9-27-56(46)58)52-41-37-49(38-42-52)59-31-15-20-47-18-8-10-28-57(47)59/h1-45H. The molecule has 12 aromatic carbocycles. The Labute approximate surface area is 414 Å². The Hall–Kier alpha value is -9.02. The predicted octanol–water partition coefficient (Wildman–Crippen LogP) is 15.7. The fourth-order valence-electron chi connectivity index (χ4n) is 11.9. The molecule has 0 fully saturated rings. The monoisotopic (exact) mass is 919 g/mol. The molecule has 0 atom stereocenters. The van der Waals surface area contributed by atoms with Crippen molar-refractivity contribution in [1.29, 1.82) is 0 Å². The first-order valence-corrected chi connectivity index (χ1v) is 26.5. The molecule has 1 aromatic heterocycles. The summed E-state index contributed by atoms with van der Waals surface area (Å²) in [6, 6.07) is 101. The first-order chi connectivity index (χ1) is 35.2. The van der Waals surface area contributed by atoms with E-state index in [9.17, 15) is 0 Å². The zero-order chi connectivity index (χ0) is 46.9. The highest BCUT2D eigenvalue weighted by molar-refractivity contribution is 7.22. The van der Waals surface area contributed by atoms with E-state index >= 15 is 0 Å². The van der Waals surface area contributed by atoms with Gasteiger partial charge < -0.3 is 9.32 Å². The first-order valence-electron chi connectivity index (χ1n) is 24.5. The van der Waals surface area contributed by atoms with Crippen molar-refractivity contribution in [3.63, 3.8) is 0 Å². The van der Waals surface area contributed by atoms with Gasteiger partial charge in [-0.3, -0.25) is 0 Å². The minimum Gasteiger partial charge on any atom is -0.456 e. The molecule has 0 spiro atoms.